The number of aromatic nitrogens is 2. The molecule has 28 heavy (non-hydrogen) atoms. The third kappa shape index (κ3) is 4.82. The highest BCUT2D eigenvalue weighted by Gasteiger charge is 2.01. The number of H-pyrrole nitrogens is 1. The molecule has 0 aliphatic carbocycles. The van der Waals surface area contributed by atoms with Gasteiger partial charge in [0.25, 0.3) is 0 Å². The van der Waals surface area contributed by atoms with E-state index in [0.717, 1.165) is 41.4 Å². The van der Waals surface area contributed by atoms with E-state index in [4.69, 9.17) is 4.74 Å². The number of hydrogen-bond acceptors (Lipinski definition) is 3. The number of hydrogen-bond donors (Lipinski definition) is 2. The Bertz CT molecular complexity index is 963. The van der Waals surface area contributed by atoms with Crippen LogP contribution < -0.4 is 15.4 Å². The van der Waals surface area contributed by atoms with Crippen LogP contribution in [0.5, 0.6) is 5.75 Å². The second-order valence-electron chi connectivity index (χ2n) is 6.53. The van der Waals surface area contributed by atoms with Gasteiger partial charge in [0, 0.05) is 6.54 Å². The second-order valence-corrected chi connectivity index (χ2v) is 6.53. The monoisotopic (exact) mass is 371 g/mol. The summed E-state index contributed by atoms with van der Waals surface area (Å²) in [7, 11) is 0. The van der Waals surface area contributed by atoms with E-state index in [9.17, 15) is 0 Å². The number of aromatic amines is 1. The molecule has 0 bridgehead atoms. The molecule has 141 valence electrons. The average Bonchev–Trinajstić information content (AvgIpc) is 3.16. The van der Waals surface area contributed by atoms with Crippen LogP contribution in [0.2, 0.25) is 0 Å². The van der Waals surface area contributed by atoms with E-state index < -0.39 is 0 Å². The van der Waals surface area contributed by atoms with Crippen LogP contribution in [-0.4, -0.2) is 23.1 Å². The summed E-state index contributed by atoms with van der Waals surface area (Å²) in [5.41, 5.74) is 4.18. The van der Waals surface area contributed by atoms with Crippen LogP contribution >= 0.6 is 0 Å². The first-order chi connectivity index (χ1) is 13.9. The number of nitrogens with zero attached hydrogens (tertiary/aromatic N) is 2. The fourth-order valence-corrected chi connectivity index (χ4v) is 2.91. The molecule has 2 N–H and O–H groups in total. The Balaban J connectivity index is 1.17. The van der Waals surface area contributed by atoms with Gasteiger partial charge >= 0.3 is 0 Å². The smallest absolute Gasteiger partial charge is 0.201 e. The minimum Gasteiger partial charge on any atom is -0.494 e. The van der Waals surface area contributed by atoms with E-state index >= 15 is 0 Å². The first kappa shape index (κ1) is 17.9. The summed E-state index contributed by atoms with van der Waals surface area (Å²) in [6.45, 7) is 2.13. The Morgan fingerprint density at radius 3 is 2.50 bits per heavy atom. The van der Waals surface area contributed by atoms with E-state index in [1.807, 2.05) is 66.7 Å². The molecule has 1 heterocycles. The fraction of sp³-hybridized carbons (Fsp3) is 0.174. The largest absolute Gasteiger partial charge is 0.494 e. The molecule has 0 spiro atoms. The van der Waals surface area contributed by atoms with E-state index in [1.54, 1.807) is 0 Å². The number of anilines is 1. The standard InChI is InChI=1S/C23H23N4O/c1-2-7-19(8-3-1)25-17-18-11-13-20(14-12-18)28-16-6-15-24-23-26-21-9-4-5-10-22(21)27-23/h1-5,7-14H,6,15-17H2,(H2,24,26,27). The molecule has 0 aliphatic heterocycles. The van der Waals surface area contributed by atoms with Crippen LogP contribution in [0.15, 0.2) is 78.9 Å². The fourth-order valence-electron chi connectivity index (χ4n) is 2.91. The Morgan fingerprint density at radius 1 is 0.893 bits per heavy atom. The average molecular weight is 371 g/mol. The summed E-state index contributed by atoms with van der Waals surface area (Å²) in [6, 6.07) is 26.2. The molecule has 0 atom stereocenters. The minimum atomic E-state index is 0.654. The number of benzene rings is 3. The number of fused-ring (bicyclic) bond motifs is 1. The van der Waals surface area contributed by atoms with Crippen molar-refractivity contribution in [2.24, 2.45) is 0 Å². The maximum atomic E-state index is 5.82. The maximum Gasteiger partial charge on any atom is 0.201 e. The van der Waals surface area contributed by atoms with Crippen molar-refractivity contribution in [1.29, 1.82) is 0 Å². The van der Waals surface area contributed by atoms with Crippen molar-refractivity contribution in [3.63, 3.8) is 0 Å². The van der Waals surface area contributed by atoms with Gasteiger partial charge in [-0.2, -0.15) is 0 Å². The van der Waals surface area contributed by atoms with Crippen molar-refractivity contribution in [2.45, 2.75) is 13.0 Å². The van der Waals surface area contributed by atoms with Crippen molar-refractivity contribution < 1.29 is 4.74 Å². The predicted molar refractivity (Wildman–Crippen MR) is 113 cm³/mol. The molecule has 1 radical (unpaired) electrons. The molecule has 0 amide bonds. The lowest BCUT2D eigenvalue weighted by atomic mass is 10.2. The Kier molecular flexibility index (Phi) is 5.73. The summed E-state index contributed by atoms with van der Waals surface area (Å²) in [6.07, 6.45) is 0.891. The van der Waals surface area contributed by atoms with Crippen molar-refractivity contribution in [3.05, 3.63) is 84.4 Å². The van der Waals surface area contributed by atoms with E-state index in [-0.39, 0.29) is 0 Å². The lowest BCUT2D eigenvalue weighted by Crippen LogP contribution is -2.08. The summed E-state index contributed by atoms with van der Waals surface area (Å²) in [4.78, 5) is 7.76. The number of rotatable bonds is 9. The van der Waals surface area contributed by atoms with Crippen LogP contribution in [0.4, 0.5) is 11.6 Å². The van der Waals surface area contributed by atoms with Gasteiger partial charge in [-0.3, -0.25) is 5.32 Å². The molecule has 1 aromatic heterocycles. The number of para-hydroxylation sites is 3. The van der Waals surface area contributed by atoms with Gasteiger partial charge < -0.3 is 15.0 Å². The lowest BCUT2D eigenvalue weighted by Gasteiger charge is -2.08. The summed E-state index contributed by atoms with van der Waals surface area (Å²) in [5.74, 6) is 1.68. The summed E-state index contributed by atoms with van der Waals surface area (Å²) < 4.78 is 5.82. The normalized spacial score (nSPS) is 10.7. The van der Waals surface area contributed by atoms with Gasteiger partial charge in [0.05, 0.1) is 29.9 Å². The molecule has 5 nitrogen and oxygen atoms in total. The topological polar surface area (TPSA) is 64.0 Å². The molecular formula is C23H23N4O. The second kappa shape index (κ2) is 8.95. The molecule has 3 aromatic carbocycles. The van der Waals surface area contributed by atoms with E-state index in [2.05, 4.69) is 32.7 Å². The molecule has 4 aromatic rings. The van der Waals surface area contributed by atoms with Gasteiger partial charge in [0.15, 0.2) is 0 Å². The first-order valence-electron chi connectivity index (χ1n) is 9.50. The molecule has 0 unspecified atom stereocenters. The van der Waals surface area contributed by atoms with Gasteiger partial charge in [-0.15, -0.1) is 0 Å². The van der Waals surface area contributed by atoms with Crippen molar-refractivity contribution >= 4 is 22.7 Å². The quantitative estimate of drug-likeness (QED) is 0.412. The SMILES string of the molecule is c1ccc([N]Cc2ccc(OCCCNc3nc4ccccc4[nH]3)cc2)cc1. The molecule has 5 heteroatoms. The molecule has 0 aliphatic rings. The maximum absolute atomic E-state index is 5.82. The highest BCUT2D eigenvalue weighted by Crippen LogP contribution is 2.15. The zero-order chi connectivity index (χ0) is 19.0. The van der Waals surface area contributed by atoms with Crippen molar-refractivity contribution in [1.82, 2.24) is 15.3 Å². The molecule has 0 fully saturated rings. The highest BCUT2D eigenvalue weighted by molar-refractivity contribution is 5.77. The van der Waals surface area contributed by atoms with Gasteiger partial charge in [0.1, 0.15) is 5.75 Å². The van der Waals surface area contributed by atoms with E-state index in [0.29, 0.717) is 13.2 Å². The molecule has 4 rings (SSSR count). The van der Waals surface area contributed by atoms with Crippen LogP contribution in [-0.2, 0) is 6.54 Å². The van der Waals surface area contributed by atoms with Crippen LogP contribution in [0.25, 0.3) is 11.0 Å². The molecule has 0 saturated heterocycles. The zero-order valence-corrected chi connectivity index (χ0v) is 15.6. The van der Waals surface area contributed by atoms with Crippen LogP contribution in [0.3, 0.4) is 0 Å². The van der Waals surface area contributed by atoms with Gasteiger partial charge in [-0.25, -0.2) is 4.98 Å². The summed E-state index contributed by atoms with van der Waals surface area (Å²) >= 11 is 0. The number of imidazole rings is 1. The molecular weight excluding hydrogens is 348 g/mol. The minimum absolute atomic E-state index is 0.654. The first-order valence-corrected chi connectivity index (χ1v) is 9.50. The van der Waals surface area contributed by atoms with Gasteiger partial charge in [0.2, 0.25) is 5.95 Å². The Hall–Kier alpha value is -3.47. The zero-order valence-electron chi connectivity index (χ0n) is 15.6. The number of nitrogens with one attached hydrogen (secondary N) is 2. The third-order valence-corrected chi connectivity index (χ3v) is 4.40. The van der Waals surface area contributed by atoms with Crippen molar-refractivity contribution in [3.8, 4) is 5.75 Å². The van der Waals surface area contributed by atoms with Crippen LogP contribution in [0.1, 0.15) is 12.0 Å². The van der Waals surface area contributed by atoms with Crippen molar-refractivity contribution in [2.75, 3.05) is 18.5 Å². The van der Waals surface area contributed by atoms with Gasteiger partial charge in [-0.1, -0.05) is 42.5 Å². The highest BCUT2D eigenvalue weighted by atomic mass is 16.5. The number of ether oxygens (including phenoxy) is 1. The van der Waals surface area contributed by atoms with E-state index in [1.165, 1.54) is 5.56 Å². The third-order valence-electron chi connectivity index (χ3n) is 4.40. The Labute approximate surface area is 164 Å². The van der Waals surface area contributed by atoms with Crippen LogP contribution in [0, 0.1) is 0 Å². The Morgan fingerprint density at radius 2 is 1.68 bits per heavy atom. The predicted octanol–water partition coefficient (Wildman–Crippen LogP) is 4.88. The summed E-state index contributed by atoms with van der Waals surface area (Å²) in [5, 5.41) is 7.88. The van der Waals surface area contributed by atoms with Gasteiger partial charge in [-0.05, 0) is 48.4 Å². The molecule has 0 saturated carbocycles. The lowest BCUT2D eigenvalue weighted by molar-refractivity contribution is 0.315.